The van der Waals surface area contributed by atoms with Gasteiger partial charge in [0.2, 0.25) is 5.91 Å². The Hall–Kier alpha value is -3.14. The van der Waals surface area contributed by atoms with Crippen molar-refractivity contribution in [1.82, 2.24) is 15.1 Å². The zero-order valence-electron chi connectivity index (χ0n) is 31.2. The highest BCUT2D eigenvalue weighted by molar-refractivity contribution is 6.30. The summed E-state index contributed by atoms with van der Waals surface area (Å²) in [5, 5.41) is 3.41. The van der Waals surface area contributed by atoms with Crippen molar-refractivity contribution < 1.29 is 23.5 Å². The minimum absolute atomic E-state index is 0.0674. The molecule has 0 radical (unpaired) electrons. The van der Waals surface area contributed by atoms with Crippen molar-refractivity contribution in [3.05, 3.63) is 69.5 Å². The molecule has 7 aliphatic rings. The summed E-state index contributed by atoms with van der Waals surface area (Å²) in [5.74, 6) is 2.32. The first kappa shape index (κ1) is 35.9. The number of hydrogen-bond acceptors (Lipinski definition) is 6. The van der Waals surface area contributed by atoms with Crippen LogP contribution in [0, 0.1) is 35.4 Å². The van der Waals surface area contributed by atoms with Crippen molar-refractivity contribution in [1.29, 1.82) is 0 Å². The molecule has 3 aliphatic carbocycles. The summed E-state index contributed by atoms with van der Waals surface area (Å²) in [6, 6.07) is 9.57. The SMILES string of the molecule is CO[C@@]1(CN2CCN(C(C)=O)CC2)C2=C[C@@H](C2)[C@H](C)[C@@H](C)CNC(=O)c2ccc3c(c2)N(C[C@@H]2CC[C@H]21)C[C@@]1(CCCc2c1ccc(Cl)c2F)CO3. The van der Waals surface area contributed by atoms with E-state index in [9.17, 15) is 9.59 Å². The van der Waals surface area contributed by atoms with Gasteiger partial charge in [-0.05, 0) is 109 Å². The second-order valence-electron chi connectivity index (χ2n) is 16.8. The van der Waals surface area contributed by atoms with Gasteiger partial charge in [-0.3, -0.25) is 14.5 Å². The molecule has 2 aromatic rings. The fraction of sp³-hybridized carbons (Fsp3) is 0.619. The number of benzene rings is 2. The van der Waals surface area contributed by atoms with Crippen molar-refractivity contribution in [3.63, 3.8) is 0 Å². The molecule has 7 atom stereocenters. The van der Waals surface area contributed by atoms with E-state index < -0.39 is 11.0 Å². The molecule has 52 heavy (non-hydrogen) atoms. The number of nitrogens with one attached hydrogen (secondary N) is 1. The molecule has 280 valence electrons. The maximum Gasteiger partial charge on any atom is 0.251 e. The van der Waals surface area contributed by atoms with Crippen molar-refractivity contribution >= 4 is 29.1 Å². The van der Waals surface area contributed by atoms with Gasteiger partial charge in [0.1, 0.15) is 17.2 Å². The van der Waals surface area contributed by atoms with Gasteiger partial charge in [-0.25, -0.2) is 4.39 Å². The zero-order valence-corrected chi connectivity index (χ0v) is 31.9. The summed E-state index contributed by atoms with van der Waals surface area (Å²) in [5.41, 5.74) is 3.82. The van der Waals surface area contributed by atoms with Crippen molar-refractivity contribution in [3.8, 4) is 5.75 Å². The molecule has 1 N–H and O–H groups in total. The van der Waals surface area contributed by atoms with E-state index >= 15 is 4.39 Å². The van der Waals surface area contributed by atoms with Crippen LogP contribution in [0.2, 0.25) is 5.02 Å². The van der Waals surface area contributed by atoms with Gasteiger partial charge < -0.3 is 24.6 Å². The maximum absolute atomic E-state index is 15.6. The third kappa shape index (κ3) is 6.12. The van der Waals surface area contributed by atoms with Crippen LogP contribution in [0.1, 0.15) is 74.4 Å². The van der Waals surface area contributed by atoms with Crippen LogP contribution in [-0.2, 0) is 21.4 Å². The Kier molecular flexibility index (Phi) is 9.61. The third-order valence-electron chi connectivity index (χ3n) is 14.1. The van der Waals surface area contributed by atoms with Gasteiger partial charge in [-0.1, -0.05) is 37.6 Å². The predicted octanol–water partition coefficient (Wildman–Crippen LogP) is 6.49. The van der Waals surface area contributed by atoms with Gasteiger partial charge in [-0.2, -0.15) is 0 Å². The smallest absolute Gasteiger partial charge is 0.251 e. The average Bonchev–Trinajstić information content (AvgIpc) is 3.26. The topological polar surface area (TPSA) is 74.4 Å². The van der Waals surface area contributed by atoms with Crippen LogP contribution in [0.25, 0.3) is 0 Å². The first-order chi connectivity index (χ1) is 25.0. The minimum atomic E-state index is -0.426. The lowest BCUT2D eigenvalue weighted by Crippen LogP contribution is -2.61. The highest BCUT2D eigenvalue weighted by Gasteiger charge is 2.54. The summed E-state index contributed by atoms with van der Waals surface area (Å²) in [6.45, 7) is 12.7. The molecular formula is C42H54ClFN4O4. The number of methoxy groups -OCH3 is 1. The molecular weight excluding hydrogens is 679 g/mol. The van der Waals surface area contributed by atoms with E-state index in [4.69, 9.17) is 21.1 Å². The average molecular weight is 733 g/mol. The van der Waals surface area contributed by atoms with Crippen LogP contribution in [-0.4, -0.2) is 93.3 Å². The lowest BCUT2D eigenvalue weighted by Gasteiger charge is -2.56. The monoisotopic (exact) mass is 732 g/mol. The first-order valence-electron chi connectivity index (χ1n) is 19.5. The minimum Gasteiger partial charge on any atom is -0.490 e. The van der Waals surface area contributed by atoms with Crippen molar-refractivity contribution in [2.45, 2.75) is 70.3 Å². The van der Waals surface area contributed by atoms with E-state index in [-0.39, 0.29) is 22.7 Å². The van der Waals surface area contributed by atoms with Crippen LogP contribution in [0.3, 0.4) is 0 Å². The van der Waals surface area contributed by atoms with Gasteiger partial charge in [0.15, 0.2) is 0 Å². The van der Waals surface area contributed by atoms with Crippen LogP contribution < -0.4 is 15.0 Å². The van der Waals surface area contributed by atoms with Gasteiger partial charge in [0, 0.05) is 77.4 Å². The van der Waals surface area contributed by atoms with Gasteiger partial charge in [0.05, 0.1) is 17.3 Å². The Bertz CT molecular complexity index is 1760. The number of anilines is 1. The fourth-order valence-corrected chi connectivity index (χ4v) is 10.6. The molecule has 0 aromatic heterocycles. The van der Waals surface area contributed by atoms with Crippen LogP contribution in [0.4, 0.5) is 10.1 Å². The second kappa shape index (κ2) is 13.9. The molecule has 2 fully saturated rings. The van der Waals surface area contributed by atoms with Crippen molar-refractivity contribution in [2.24, 2.45) is 29.6 Å². The molecule has 8 nitrogen and oxygen atoms in total. The predicted molar refractivity (Wildman–Crippen MR) is 202 cm³/mol. The normalized spacial score (nSPS) is 33.4. The summed E-state index contributed by atoms with van der Waals surface area (Å²) in [7, 11) is 1.91. The van der Waals surface area contributed by atoms with E-state index in [1.807, 2.05) is 36.3 Å². The number of carbonyl (C=O) groups excluding carboxylic acids is 2. The number of carbonyl (C=O) groups is 2. The molecule has 9 rings (SSSR count). The Labute approximate surface area is 313 Å². The standard InChI is InChI=1S/C42H54ClFN4O4/c1-26-21-45-40(50)29-8-12-38-37(20-29)48(23-41(25-52-38)13-5-6-33-35(41)10-11-36(43)39(33)44)22-30-7-9-34(30)42(51-4,32-18-31(19-32)27(26)2)24-46-14-16-47(17-15-46)28(3)49/h8,10-12,18,20,26-27,30-31,34H,5-7,9,13-17,19,21-25H2,1-4H3,(H,45,50)/t26-,27+,30-,31-,34+,41-,42-/m0/s1. The summed E-state index contributed by atoms with van der Waals surface area (Å²) >= 11 is 6.32. The Morgan fingerprint density at radius 1 is 1.13 bits per heavy atom. The van der Waals surface area contributed by atoms with E-state index in [1.165, 1.54) is 5.57 Å². The number of nitrogens with zero attached hydrogens (tertiary/aromatic N) is 3. The third-order valence-corrected chi connectivity index (χ3v) is 14.4. The molecule has 1 saturated carbocycles. The molecule has 2 amide bonds. The quantitative estimate of drug-likeness (QED) is 0.364. The number of halogens is 2. The lowest BCUT2D eigenvalue weighted by molar-refractivity contribution is -0.133. The van der Waals surface area contributed by atoms with Crippen LogP contribution >= 0.6 is 11.6 Å². The van der Waals surface area contributed by atoms with Crippen LogP contribution in [0.5, 0.6) is 5.75 Å². The lowest BCUT2D eigenvalue weighted by atomic mass is 9.57. The molecule has 4 bridgehead atoms. The molecule has 0 unspecified atom stereocenters. The zero-order chi connectivity index (χ0) is 36.4. The summed E-state index contributed by atoms with van der Waals surface area (Å²) < 4.78 is 29.1. The molecule has 1 saturated heterocycles. The van der Waals surface area contributed by atoms with E-state index in [0.29, 0.717) is 66.8 Å². The highest BCUT2D eigenvalue weighted by Crippen LogP contribution is 2.54. The second-order valence-corrected chi connectivity index (χ2v) is 17.2. The first-order valence-corrected chi connectivity index (χ1v) is 19.9. The van der Waals surface area contributed by atoms with E-state index in [0.717, 1.165) is 88.4 Å². The molecule has 1 spiro atoms. The Balaban J connectivity index is 1.19. The highest BCUT2D eigenvalue weighted by atomic mass is 35.5. The molecule has 2 aromatic carbocycles. The van der Waals surface area contributed by atoms with Gasteiger partial charge >= 0.3 is 0 Å². The number of rotatable bonds is 3. The number of amides is 2. The fourth-order valence-electron chi connectivity index (χ4n) is 10.4. The van der Waals surface area contributed by atoms with Crippen molar-refractivity contribution in [2.75, 3.05) is 71.0 Å². The van der Waals surface area contributed by atoms with E-state index in [2.05, 4.69) is 35.0 Å². The Morgan fingerprint density at radius 2 is 1.92 bits per heavy atom. The maximum atomic E-state index is 15.6. The van der Waals surface area contributed by atoms with Gasteiger partial charge in [-0.15, -0.1) is 0 Å². The molecule has 4 heterocycles. The Morgan fingerprint density at radius 3 is 2.63 bits per heavy atom. The number of fused-ring (bicyclic) bond motifs is 6. The number of hydrogen-bond donors (Lipinski definition) is 1. The van der Waals surface area contributed by atoms with E-state index in [1.54, 1.807) is 13.0 Å². The largest absolute Gasteiger partial charge is 0.490 e. The molecule has 10 heteroatoms. The van der Waals surface area contributed by atoms with Gasteiger partial charge in [0.25, 0.3) is 5.91 Å². The number of piperazine rings is 1. The molecule has 4 aliphatic heterocycles. The number of ether oxygens (including phenoxy) is 2. The summed E-state index contributed by atoms with van der Waals surface area (Å²) in [4.78, 5) is 32.8. The van der Waals surface area contributed by atoms with Crippen LogP contribution in [0.15, 0.2) is 42.0 Å². The summed E-state index contributed by atoms with van der Waals surface area (Å²) in [6.07, 6.45) is 8.05. The number of allylic oxidation sites excluding steroid dienone is 1.